The standard InChI is InChI=1S/C17H16Cl2O2/c1-10-6-7-12(11(2)8-10)13(17(20)21)9-14-15(18)4-3-5-16(14)19/h3-8,13H,9H2,1-2H3,(H,20,21). The van der Waals surface area contributed by atoms with Gasteiger partial charge in [0.05, 0.1) is 5.92 Å². The normalized spacial score (nSPS) is 12.2. The highest BCUT2D eigenvalue weighted by molar-refractivity contribution is 6.36. The summed E-state index contributed by atoms with van der Waals surface area (Å²) in [6.07, 6.45) is 0.276. The van der Waals surface area contributed by atoms with Crippen LogP contribution in [-0.2, 0) is 11.2 Å². The summed E-state index contributed by atoms with van der Waals surface area (Å²) in [5, 5.41) is 10.6. The van der Waals surface area contributed by atoms with Crippen LogP contribution in [-0.4, -0.2) is 11.1 Å². The molecule has 0 aliphatic rings. The van der Waals surface area contributed by atoms with E-state index in [2.05, 4.69) is 0 Å². The highest BCUT2D eigenvalue weighted by Crippen LogP contribution is 2.32. The minimum absolute atomic E-state index is 0.276. The van der Waals surface area contributed by atoms with Gasteiger partial charge in [0.15, 0.2) is 0 Å². The van der Waals surface area contributed by atoms with Crippen molar-refractivity contribution in [2.45, 2.75) is 26.2 Å². The van der Waals surface area contributed by atoms with E-state index < -0.39 is 11.9 Å². The van der Waals surface area contributed by atoms with Crippen molar-refractivity contribution in [3.05, 3.63) is 68.7 Å². The van der Waals surface area contributed by atoms with Gasteiger partial charge in [0, 0.05) is 10.0 Å². The van der Waals surface area contributed by atoms with Gasteiger partial charge in [-0.05, 0) is 49.1 Å². The third-order valence-corrected chi connectivity index (χ3v) is 4.28. The van der Waals surface area contributed by atoms with Crippen molar-refractivity contribution in [2.75, 3.05) is 0 Å². The topological polar surface area (TPSA) is 37.3 Å². The number of aryl methyl sites for hydroxylation is 2. The lowest BCUT2D eigenvalue weighted by molar-refractivity contribution is -0.138. The maximum Gasteiger partial charge on any atom is 0.311 e. The maximum absolute atomic E-state index is 11.7. The molecule has 0 saturated carbocycles. The van der Waals surface area contributed by atoms with Crippen molar-refractivity contribution in [1.82, 2.24) is 0 Å². The molecular formula is C17H16Cl2O2. The Morgan fingerprint density at radius 1 is 1.14 bits per heavy atom. The van der Waals surface area contributed by atoms with E-state index in [1.165, 1.54) is 0 Å². The smallest absolute Gasteiger partial charge is 0.311 e. The third kappa shape index (κ3) is 3.58. The van der Waals surface area contributed by atoms with Crippen LogP contribution < -0.4 is 0 Å². The van der Waals surface area contributed by atoms with Gasteiger partial charge in [-0.1, -0.05) is 53.0 Å². The van der Waals surface area contributed by atoms with Gasteiger partial charge in [-0.25, -0.2) is 0 Å². The van der Waals surface area contributed by atoms with Gasteiger partial charge in [-0.2, -0.15) is 0 Å². The Hall–Kier alpha value is -1.51. The van der Waals surface area contributed by atoms with Crippen molar-refractivity contribution in [3.8, 4) is 0 Å². The SMILES string of the molecule is Cc1ccc(C(Cc2c(Cl)cccc2Cl)C(=O)O)c(C)c1. The molecule has 0 saturated heterocycles. The maximum atomic E-state index is 11.7. The molecular weight excluding hydrogens is 307 g/mol. The molecule has 0 bridgehead atoms. The summed E-state index contributed by atoms with van der Waals surface area (Å²) in [6.45, 7) is 3.91. The monoisotopic (exact) mass is 322 g/mol. The first-order valence-corrected chi connectivity index (χ1v) is 7.38. The van der Waals surface area contributed by atoms with Crippen LogP contribution in [0.25, 0.3) is 0 Å². The number of rotatable bonds is 4. The summed E-state index contributed by atoms with van der Waals surface area (Å²) in [6, 6.07) is 11.0. The number of carboxylic acid groups (broad SMARTS) is 1. The fraction of sp³-hybridized carbons (Fsp3) is 0.235. The summed E-state index contributed by atoms with van der Waals surface area (Å²) >= 11 is 12.3. The number of carbonyl (C=O) groups is 1. The zero-order valence-corrected chi connectivity index (χ0v) is 13.4. The van der Waals surface area contributed by atoms with Crippen LogP contribution >= 0.6 is 23.2 Å². The van der Waals surface area contributed by atoms with Crippen LogP contribution in [0, 0.1) is 13.8 Å². The molecule has 21 heavy (non-hydrogen) atoms. The van der Waals surface area contributed by atoms with Crippen molar-refractivity contribution in [3.63, 3.8) is 0 Å². The number of aliphatic carboxylic acids is 1. The minimum Gasteiger partial charge on any atom is -0.481 e. The van der Waals surface area contributed by atoms with Gasteiger partial charge in [-0.15, -0.1) is 0 Å². The van der Waals surface area contributed by atoms with Crippen LogP contribution in [0.2, 0.25) is 10.0 Å². The van der Waals surface area contributed by atoms with E-state index in [4.69, 9.17) is 23.2 Å². The van der Waals surface area contributed by atoms with E-state index >= 15 is 0 Å². The van der Waals surface area contributed by atoms with Gasteiger partial charge in [0.1, 0.15) is 0 Å². The molecule has 110 valence electrons. The van der Waals surface area contributed by atoms with E-state index in [1.54, 1.807) is 18.2 Å². The molecule has 4 heteroatoms. The highest BCUT2D eigenvalue weighted by atomic mass is 35.5. The molecule has 1 N–H and O–H groups in total. The average molecular weight is 323 g/mol. The molecule has 2 rings (SSSR count). The predicted molar refractivity (Wildman–Crippen MR) is 86.5 cm³/mol. The molecule has 1 atom stereocenters. The van der Waals surface area contributed by atoms with Crippen molar-refractivity contribution in [1.29, 1.82) is 0 Å². The lowest BCUT2D eigenvalue weighted by atomic mass is 9.88. The number of benzene rings is 2. The lowest BCUT2D eigenvalue weighted by Gasteiger charge is -2.17. The summed E-state index contributed by atoms with van der Waals surface area (Å²) in [5.74, 6) is -1.54. The molecule has 2 aromatic carbocycles. The largest absolute Gasteiger partial charge is 0.481 e. The van der Waals surface area contributed by atoms with Crippen molar-refractivity contribution < 1.29 is 9.90 Å². The fourth-order valence-electron chi connectivity index (χ4n) is 2.48. The second-order valence-corrected chi connectivity index (χ2v) is 5.97. The Bertz CT molecular complexity index is 660. The summed E-state index contributed by atoms with van der Waals surface area (Å²) in [7, 11) is 0. The second kappa shape index (κ2) is 6.50. The molecule has 2 aromatic rings. The van der Waals surface area contributed by atoms with E-state index in [0.29, 0.717) is 15.6 Å². The van der Waals surface area contributed by atoms with E-state index in [-0.39, 0.29) is 6.42 Å². The quantitative estimate of drug-likeness (QED) is 0.857. The third-order valence-electron chi connectivity index (χ3n) is 3.57. The molecule has 2 nitrogen and oxygen atoms in total. The van der Waals surface area contributed by atoms with Crippen molar-refractivity contribution >= 4 is 29.2 Å². The molecule has 1 unspecified atom stereocenters. The van der Waals surface area contributed by atoms with Gasteiger partial charge in [0.2, 0.25) is 0 Å². The average Bonchev–Trinajstić information content (AvgIpc) is 2.39. The summed E-state index contributed by atoms with van der Waals surface area (Å²) < 4.78 is 0. The highest BCUT2D eigenvalue weighted by Gasteiger charge is 2.24. The first-order chi connectivity index (χ1) is 9.90. The zero-order chi connectivity index (χ0) is 15.6. The Kier molecular flexibility index (Phi) is 4.92. The number of hydrogen-bond acceptors (Lipinski definition) is 1. The summed E-state index contributed by atoms with van der Waals surface area (Å²) in [4.78, 5) is 11.7. The van der Waals surface area contributed by atoms with Crippen LogP contribution in [0.1, 0.15) is 28.2 Å². The molecule has 0 aliphatic heterocycles. The minimum atomic E-state index is -0.877. The predicted octanol–water partition coefficient (Wildman–Crippen LogP) is 5.02. The number of halogens is 2. The van der Waals surface area contributed by atoms with Crippen LogP contribution in [0.4, 0.5) is 0 Å². The first kappa shape index (κ1) is 15.9. The molecule has 0 fully saturated rings. The zero-order valence-electron chi connectivity index (χ0n) is 11.9. The van der Waals surface area contributed by atoms with Crippen LogP contribution in [0.15, 0.2) is 36.4 Å². The second-order valence-electron chi connectivity index (χ2n) is 5.16. The molecule has 0 heterocycles. The van der Waals surface area contributed by atoms with Gasteiger partial charge in [0.25, 0.3) is 0 Å². The molecule has 0 aromatic heterocycles. The molecule has 0 amide bonds. The lowest BCUT2D eigenvalue weighted by Crippen LogP contribution is -2.16. The fourth-order valence-corrected chi connectivity index (χ4v) is 3.03. The molecule has 0 radical (unpaired) electrons. The van der Waals surface area contributed by atoms with Gasteiger partial charge < -0.3 is 5.11 Å². The van der Waals surface area contributed by atoms with Crippen LogP contribution in [0.3, 0.4) is 0 Å². The van der Waals surface area contributed by atoms with Crippen LogP contribution in [0.5, 0.6) is 0 Å². The number of carboxylic acids is 1. The molecule has 0 spiro atoms. The van der Waals surface area contributed by atoms with Gasteiger partial charge in [-0.3, -0.25) is 4.79 Å². The Morgan fingerprint density at radius 3 is 2.29 bits per heavy atom. The Balaban J connectivity index is 2.43. The van der Waals surface area contributed by atoms with E-state index in [0.717, 1.165) is 16.7 Å². The van der Waals surface area contributed by atoms with E-state index in [9.17, 15) is 9.90 Å². The van der Waals surface area contributed by atoms with E-state index in [1.807, 2.05) is 32.0 Å². The van der Waals surface area contributed by atoms with Gasteiger partial charge >= 0.3 is 5.97 Å². The Labute approximate surface area is 134 Å². The molecule has 0 aliphatic carbocycles. The Morgan fingerprint density at radius 2 is 1.76 bits per heavy atom. The first-order valence-electron chi connectivity index (χ1n) is 6.63. The number of hydrogen-bond donors (Lipinski definition) is 1. The summed E-state index contributed by atoms with van der Waals surface area (Å²) in [5.41, 5.74) is 3.54. The van der Waals surface area contributed by atoms with Crippen molar-refractivity contribution in [2.24, 2.45) is 0 Å².